The number of pyridine rings is 1. The fourth-order valence-corrected chi connectivity index (χ4v) is 4.59. The molecular formula is C18H21N3O3S. The van der Waals surface area contributed by atoms with Crippen molar-refractivity contribution in [3.8, 4) is 0 Å². The third-order valence-corrected chi connectivity index (χ3v) is 6.23. The highest BCUT2D eigenvalue weighted by Gasteiger charge is 2.39. The Balaban J connectivity index is 1.73. The second-order valence-corrected chi connectivity index (χ2v) is 8.02. The van der Waals surface area contributed by atoms with Crippen LogP contribution in [0.2, 0.25) is 0 Å². The summed E-state index contributed by atoms with van der Waals surface area (Å²) in [5.41, 5.74) is 1.73. The molecule has 0 radical (unpaired) electrons. The number of nitrogens with one attached hydrogen (secondary N) is 1. The Hall–Kier alpha value is -2.25. The van der Waals surface area contributed by atoms with Gasteiger partial charge in [0.1, 0.15) is 6.04 Å². The number of nitrogens with zero attached hydrogens (tertiary/aromatic N) is 2. The molecule has 1 saturated heterocycles. The van der Waals surface area contributed by atoms with Gasteiger partial charge in [0.05, 0.1) is 17.1 Å². The molecule has 1 aromatic carbocycles. The fourth-order valence-electron chi connectivity index (χ4n) is 2.93. The Morgan fingerprint density at radius 2 is 2.00 bits per heavy atom. The van der Waals surface area contributed by atoms with Crippen LogP contribution < -0.4 is 5.32 Å². The summed E-state index contributed by atoms with van der Waals surface area (Å²) < 4.78 is 27.0. The van der Waals surface area contributed by atoms with Crippen molar-refractivity contribution in [2.45, 2.75) is 37.2 Å². The number of amides is 1. The number of carbonyl (C=O) groups excluding carboxylic acids is 1. The van der Waals surface area contributed by atoms with Crippen LogP contribution >= 0.6 is 0 Å². The molecule has 1 aliphatic heterocycles. The lowest BCUT2D eigenvalue weighted by Gasteiger charge is -2.23. The maximum absolute atomic E-state index is 12.9. The van der Waals surface area contributed by atoms with Crippen molar-refractivity contribution >= 4 is 15.9 Å². The molecule has 0 bridgehead atoms. The van der Waals surface area contributed by atoms with Gasteiger partial charge in [0.2, 0.25) is 15.9 Å². The number of hydrogen-bond acceptors (Lipinski definition) is 4. The monoisotopic (exact) mass is 359 g/mol. The lowest BCUT2D eigenvalue weighted by atomic mass is 10.2. The van der Waals surface area contributed by atoms with Crippen LogP contribution in [0.1, 0.15) is 24.1 Å². The van der Waals surface area contributed by atoms with Gasteiger partial charge in [-0.05, 0) is 44.0 Å². The minimum absolute atomic E-state index is 0.225. The molecule has 132 valence electrons. The summed E-state index contributed by atoms with van der Waals surface area (Å²) in [7, 11) is -3.68. The van der Waals surface area contributed by atoms with E-state index in [0.717, 1.165) is 11.3 Å². The number of rotatable bonds is 5. The number of benzene rings is 1. The molecular weight excluding hydrogens is 338 g/mol. The first kappa shape index (κ1) is 17.6. The Kier molecular flexibility index (Phi) is 5.15. The first-order chi connectivity index (χ1) is 12.0. The summed E-state index contributed by atoms with van der Waals surface area (Å²) in [6, 6.07) is 11.5. The predicted molar refractivity (Wildman–Crippen MR) is 94.2 cm³/mol. The molecule has 6 nitrogen and oxygen atoms in total. The normalized spacial score (nSPS) is 18.2. The average molecular weight is 359 g/mol. The van der Waals surface area contributed by atoms with Gasteiger partial charge in [-0.2, -0.15) is 4.31 Å². The maximum Gasteiger partial charge on any atom is 0.243 e. The molecule has 1 aromatic heterocycles. The Morgan fingerprint density at radius 1 is 1.24 bits per heavy atom. The lowest BCUT2D eigenvalue weighted by molar-refractivity contribution is -0.124. The van der Waals surface area contributed by atoms with Crippen molar-refractivity contribution in [1.29, 1.82) is 0 Å². The molecule has 1 N–H and O–H groups in total. The smallest absolute Gasteiger partial charge is 0.243 e. The number of hydrogen-bond donors (Lipinski definition) is 1. The van der Waals surface area contributed by atoms with Crippen LogP contribution in [0.25, 0.3) is 0 Å². The summed E-state index contributed by atoms with van der Waals surface area (Å²) in [4.78, 5) is 16.9. The van der Waals surface area contributed by atoms with E-state index in [2.05, 4.69) is 10.3 Å². The van der Waals surface area contributed by atoms with Gasteiger partial charge in [-0.25, -0.2) is 8.42 Å². The fraction of sp³-hybridized carbons (Fsp3) is 0.333. The van der Waals surface area contributed by atoms with E-state index in [4.69, 9.17) is 0 Å². The Labute approximate surface area is 147 Å². The molecule has 0 saturated carbocycles. The molecule has 2 heterocycles. The number of carbonyl (C=O) groups is 1. The number of sulfonamides is 1. The molecule has 1 aliphatic rings. The van der Waals surface area contributed by atoms with Gasteiger partial charge in [-0.3, -0.25) is 9.78 Å². The summed E-state index contributed by atoms with van der Waals surface area (Å²) in [6.07, 6.45) is 2.86. The molecule has 0 spiro atoms. The Bertz CT molecular complexity index is 836. The highest BCUT2D eigenvalue weighted by molar-refractivity contribution is 7.89. The minimum Gasteiger partial charge on any atom is -0.349 e. The lowest BCUT2D eigenvalue weighted by Crippen LogP contribution is -2.45. The van der Waals surface area contributed by atoms with Crippen molar-refractivity contribution in [1.82, 2.24) is 14.6 Å². The first-order valence-electron chi connectivity index (χ1n) is 8.24. The SMILES string of the molecule is Cc1ccc(S(=O)(=O)N2CCCC2C(=O)NCc2ccccn2)cc1. The largest absolute Gasteiger partial charge is 0.349 e. The third kappa shape index (κ3) is 3.88. The molecule has 1 fully saturated rings. The zero-order chi connectivity index (χ0) is 17.9. The van der Waals surface area contributed by atoms with E-state index in [-0.39, 0.29) is 17.3 Å². The maximum atomic E-state index is 12.9. The highest BCUT2D eigenvalue weighted by Crippen LogP contribution is 2.26. The second-order valence-electron chi connectivity index (χ2n) is 6.13. The van der Waals surface area contributed by atoms with Gasteiger partial charge in [0, 0.05) is 12.7 Å². The van der Waals surface area contributed by atoms with E-state index in [1.807, 2.05) is 19.1 Å². The second kappa shape index (κ2) is 7.33. The Morgan fingerprint density at radius 3 is 2.68 bits per heavy atom. The molecule has 1 amide bonds. The van der Waals surface area contributed by atoms with Crippen LogP contribution in [0.15, 0.2) is 53.6 Å². The van der Waals surface area contributed by atoms with Crippen molar-refractivity contribution in [3.05, 3.63) is 59.9 Å². The van der Waals surface area contributed by atoms with Crippen LogP contribution in [0.4, 0.5) is 0 Å². The van der Waals surface area contributed by atoms with Crippen LogP contribution in [0.3, 0.4) is 0 Å². The molecule has 1 atom stereocenters. The van der Waals surface area contributed by atoms with E-state index < -0.39 is 16.1 Å². The van der Waals surface area contributed by atoms with Crippen LogP contribution in [-0.2, 0) is 21.4 Å². The zero-order valence-corrected chi connectivity index (χ0v) is 14.9. The third-order valence-electron chi connectivity index (χ3n) is 4.30. The quantitative estimate of drug-likeness (QED) is 0.884. The van der Waals surface area contributed by atoms with Crippen LogP contribution in [0.5, 0.6) is 0 Å². The van der Waals surface area contributed by atoms with Gasteiger partial charge in [-0.15, -0.1) is 0 Å². The number of aromatic nitrogens is 1. The molecule has 0 aliphatic carbocycles. The topological polar surface area (TPSA) is 79.4 Å². The molecule has 25 heavy (non-hydrogen) atoms. The van der Waals surface area contributed by atoms with E-state index in [0.29, 0.717) is 19.4 Å². The number of aryl methyl sites for hydroxylation is 1. The molecule has 2 aromatic rings. The van der Waals surface area contributed by atoms with E-state index >= 15 is 0 Å². The van der Waals surface area contributed by atoms with Crippen molar-refractivity contribution in [2.24, 2.45) is 0 Å². The molecule has 3 rings (SSSR count). The van der Waals surface area contributed by atoms with E-state index in [9.17, 15) is 13.2 Å². The van der Waals surface area contributed by atoms with Gasteiger partial charge < -0.3 is 5.32 Å². The standard InChI is InChI=1S/C18H21N3O3S/c1-14-7-9-16(10-8-14)25(23,24)21-12-4-6-17(21)18(22)20-13-15-5-2-3-11-19-15/h2-3,5,7-11,17H,4,6,12-13H2,1H3,(H,20,22). The van der Waals surface area contributed by atoms with Crippen molar-refractivity contribution in [2.75, 3.05) is 6.54 Å². The van der Waals surface area contributed by atoms with Crippen LogP contribution in [-0.4, -0.2) is 36.2 Å². The summed E-state index contributed by atoms with van der Waals surface area (Å²) in [5.74, 6) is -0.279. The van der Waals surface area contributed by atoms with E-state index in [1.54, 1.807) is 36.5 Å². The van der Waals surface area contributed by atoms with Gasteiger partial charge in [-0.1, -0.05) is 23.8 Å². The van der Waals surface area contributed by atoms with E-state index in [1.165, 1.54) is 4.31 Å². The minimum atomic E-state index is -3.68. The highest BCUT2D eigenvalue weighted by atomic mass is 32.2. The van der Waals surface area contributed by atoms with Gasteiger partial charge >= 0.3 is 0 Å². The summed E-state index contributed by atoms with van der Waals surface area (Å²) in [5, 5.41) is 2.80. The predicted octanol–water partition coefficient (Wildman–Crippen LogP) is 1.86. The zero-order valence-electron chi connectivity index (χ0n) is 14.1. The van der Waals surface area contributed by atoms with Crippen molar-refractivity contribution in [3.63, 3.8) is 0 Å². The van der Waals surface area contributed by atoms with Crippen LogP contribution in [0, 0.1) is 6.92 Å². The van der Waals surface area contributed by atoms with Gasteiger partial charge in [0.25, 0.3) is 0 Å². The van der Waals surface area contributed by atoms with Crippen molar-refractivity contribution < 1.29 is 13.2 Å². The summed E-state index contributed by atoms with van der Waals surface area (Å²) >= 11 is 0. The first-order valence-corrected chi connectivity index (χ1v) is 9.68. The molecule has 1 unspecified atom stereocenters. The average Bonchev–Trinajstić information content (AvgIpc) is 3.12. The van der Waals surface area contributed by atoms with Gasteiger partial charge in [0.15, 0.2) is 0 Å². The summed E-state index contributed by atoms with van der Waals surface area (Å²) in [6.45, 7) is 2.55. The molecule has 7 heteroatoms.